The molecular formula is C20H22ClF2N3O. The summed E-state index contributed by atoms with van der Waals surface area (Å²) in [5.41, 5.74) is 2.72. The standard InChI is InChI=1S/C20H22ClF2N3O/c1-13-5-3-6-15(11-13)24-19(27)17-14(2)12-16(21)25-18(17)26-9-4-7-20(22,23)8-10-26/h3,5-6,11-12H,4,7-10H2,1-2H3,(H,24,27). The highest BCUT2D eigenvalue weighted by Crippen LogP contribution is 2.32. The Morgan fingerprint density at radius 3 is 2.74 bits per heavy atom. The average Bonchev–Trinajstić information content (AvgIpc) is 2.74. The summed E-state index contributed by atoms with van der Waals surface area (Å²) in [6.45, 7) is 4.25. The van der Waals surface area contributed by atoms with Crippen LogP contribution in [0.1, 0.15) is 40.7 Å². The molecule has 0 spiro atoms. The minimum absolute atomic E-state index is 0.129. The van der Waals surface area contributed by atoms with Crippen LogP contribution in [-0.2, 0) is 0 Å². The van der Waals surface area contributed by atoms with Gasteiger partial charge in [-0.25, -0.2) is 13.8 Å². The van der Waals surface area contributed by atoms with Gasteiger partial charge in [-0.05, 0) is 49.6 Å². The van der Waals surface area contributed by atoms with E-state index in [9.17, 15) is 13.6 Å². The summed E-state index contributed by atoms with van der Waals surface area (Å²) in [5.74, 6) is -2.65. The fourth-order valence-corrected chi connectivity index (χ4v) is 3.56. The number of amides is 1. The normalized spacial score (nSPS) is 16.7. The Hall–Kier alpha value is -2.21. The summed E-state index contributed by atoms with van der Waals surface area (Å²) in [7, 11) is 0. The van der Waals surface area contributed by atoms with Crippen molar-refractivity contribution in [3.63, 3.8) is 0 Å². The molecule has 0 atom stereocenters. The molecule has 0 bridgehead atoms. The van der Waals surface area contributed by atoms with Gasteiger partial charge in [0.2, 0.25) is 5.92 Å². The van der Waals surface area contributed by atoms with Crippen molar-refractivity contribution in [3.05, 3.63) is 52.2 Å². The van der Waals surface area contributed by atoms with Crippen LogP contribution in [0.2, 0.25) is 5.15 Å². The van der Waals surface area contributed by atoms with E-state index in [0.29, 0.717) is 35.6 Å². The Morgan fingerprint density at radius 2 is 2.00 bits per heavy atom. The fraction of sp³-hybridized carbons (Fsp3) is 0.400. The molecule has 0 radical (unpaired) electrons. The Balaban J connectivity index is 1.94. The van der Waals surface area contributed by atoms with Crippen LogP contribution in [-0.4, -0.2) is 29.9 Å². The predicted octanol–water partition coefficient (Wildman–Crippen LogP) is 5.23. The summed E-state index contributed by atoms with van der Waals surface area (Å²) in [6, 6.07) is 9.07. The van der Waals surface area contributed by atoms with Gasteiger partial charge in [0.15, 0.2) is 0 Å². The molecule has 27 heavy (non-hydrogen) atoms. The van der Waals surface area contributed by atoms with Crippen molar-refractivity contribution in [1.29, 1.82) is 0 Å². The molecule has 0 saturated carbocycles. The van der Waals surface area contributed by atoms with E-state index in [0.717, 1.165) is 5.56 Å². The third kappa shape index (κ3) is 4.75. The minimum atomic E-state index is -2.69. The summed E-state index contributed by atoms with van der Waals surface area (Å²) in [4.78, 5) is 19.0. The first-order valence-corrected chi connectivity index (χ1v) is 9.31. The third-order valence-electron chi connectivity index (χ3n) is 4.69. The Bertz CT molecular complexity index is 857. The molecule has 2 heterocycles. The van der Waals surface area contributed by atoms with E-state index in [-0.39, 0.29) is 30.4 Å². The van der Waals surface area contributed by atoms with Gasteiger partial charge in [-0.2, -0.15) is 0 Å². The van der Waals surface area contributed by atoms with Crippen molar-refractivity contribution in [2.45, 2.75) is 39.0 Å². The van der Waals surface area contributed by atoms with Gasteiger partial charge in [-0.3, -0.25) is 4.79 Å². The number of hydrogen-bond donors (Lipinski definition) is 1. The third-order valence-corrected chi connectivity index (χ3v) is 4.88. The van der Waals surface area contributed by atoms with Gasteiger partial charge in [0, 0.05) is 31.6 Å². The van der Waals surface area contributed by atoms with Crippen LogP contribution in [0.4, 0.5) is 20.3 Å². The van der Waals surface area contributed by atoms with Crippen molar-refractivity contribution < 1.29 is 13.6 Å². The first-order valence-electron chi connectivity index (χ1n) is 8.93. The molecule has 2 aromatic rings. The van der Waals surface area contributed by atoms with Crippen LogP contribution in [0.25, 0.3) is 0 Å². The maximum absolute atomic E-state index is 13.7. The molecule has 1 aliphatic rings. The Kier molecular flexibility index (Phi) is 5.65. The quantitative estimate of drug-likeness (QED) is 0.726. The monoisotopic (exact) mass is 393 g/mol. The minimum Gasteiger partial charge on any atom is -0.356 e. The number of aromatic nitrogens is 1. The molecule has 1 N–H and O–H groups in total. The van der Waals surface area contributed by atoms with Crippen LogP contribution < -0.4 is 10.2 Å². The first kappa shape index (κ1) is 19.5. The number of nitrogens with zero attached hydrogens (tertiary/aromatic N) is 2. The molecule has 1 saturated heterocycles. The van der Waals surface area contributed by atoms with Gasteiger partial charge in [0.25, 0.3) is 5.91 Å². The lowest BCUT2D eigenvalue weighted by Gasteiger charge is -2.25. The van der Waals surface area contributed by atoms with E-state index in [1.165, 1.54) is 0 Å². The highest BCUT2D eigenvalue weighted by molar-refractivity contribution is 6.29. The molecule has 7 heteroatoms. The van der Waals surface area contributed by atoms with E-state index in [2.05, 4.69) is 10.3 Å². The SMILES string of the molecule is Cc1cccc(NC(=O)c2c(C)cc(Cl)nc2N2CCCC(F)(F)CC2)c1. The fourth-order valence-electron chi connectivity index (χ4n) is 3.32. The van der Waals surface area contributed by atoms with Crippen LogP contribution in [0.5, 0.6) is 0 Å². The maximum atomic E-state index is 13.7. The molecule has 1 aromatic heterocycles. The van der Waals surface area contributed by atoms with Crippen molar-refractivity contribution >= 4 is 29.0 Å². The van der Waals surface area contributed by atoms with Crippen LogP contribution in [0, 0.1) is 13.8 Å². The predicted molar refractivity (Wildman–Crippen MR) is 104 cm³/mol. The number of hydrogen-bond acceptors (Lipinski definition) is 3. The lowest BCUT2D eigenvalue weighted by molar-refractivity contribution is -0.0102. The summed E-state index contributed by atoms with van der Waals surface area (Å²) in [5, 5.41) is 3.12. The van der Waals surface area contributed by atoms with Crippen molar-refractivity contribution in [3.8, 4) is 0 Å². The summed E-state index contributed by atoms with van der Waals surface area (Å²) < 4.78 is 27.5. The largest absolute Gasteiger partial charge is 0.356 e. The molecule has 1 aromatic carbocycles. The van der Waals surface area contributed by atoms with Gasteiger partial charge >= 0.3 is 0 Å². The molecule has 4 nitrogen and oxygen atoms in total. The number of nitrogens with one attached hydrogen (secondary N) is 1. The maximum Gasteiger partial charge on any atom is 0.259 e. The average molecular weight is 394 g/mol. The number of alkyl halides is 2. The lowest BCUT2D eigenvalue weighted by Crippen LogP contribution is -2.30. The van der Waals surface area contributed by atoms with E-state index >= 15 is 0 Å². The number of halogens is 3. The zero-order valence-corrected chi connectivity index (χ0v) is 16.1. The zero-order chi connectivity index (χ0) is 19.6. The van der Waals surface area contributed by atoms with Gasteiger partial charge in [0.05, 0.1) is 5.56 Å². The van der Waals surface area contributed by atoms with Gasteiger partial charge in [-0.1, -0.05) is 23.7 Å². The van der Waals surface area contributed by atoms with Gasteiger partial charge < -0.3 is 10.2 Å². The van der Waals surface area contributed by atoms with Crippen LogP contribution in [0.15, 0.2) is 30.3 Å². The second-order valence-electron chi connectivity index (χ2n) is 6.98. The van der Waals surface area contributed by atoms with Gasteiger partial charge in [-0.15, -0.1) is 0 Å². The van der Waals surface area contributed by atoms with E-state index in [4.69, 9.17) is 11.6 Å². The number of benzene rings is 1. The lowest BCUT2D eigenvalue weighted by atomic mass is 10.1. The molecular weight excluding hydrogens is 372 g/mol. The van der Waals surface area contributed by atoms with Crippen LogP contribution in [0.3, 0.4) is 0 Å². The second-order valence-corrected chi connectivity index (χ2v) is 7.37. The number of rotatable bonds is 3. The molecule has 0 aliphatic carbocycles. The molecule has 1 fully saturated rings. The first-order chi connectivity index (χ1) is 12.7. The molecule has 144 valence electrons. The topological polar surface area (TPSA) is 45.2 Å². The summed E-state index contributed by atoms with van der Waals surface area (Å²) >= 11 is 6.11. The van der Waals surface area contributed by atoms with Crippen LogP contribution >= 0.6 is 11.6 Å². The molecule has 3 rings (SSSR count). The van der Waals surface area contributed by atoms with Crippen molar-refractivity contribution in [1.82, 2.24) is 4.98 Å². The van der Waals surface area contributed by atoms with E-state index in [1.807, 2.05) is 25.1 Å². The number of aryl methyl sites for hydroxylation is 2. The number of anilines is 2. The highest BCUT2D eigenvalue weighted by atomic mass is 35.5. The van der Waals surface area contributed by atoms with E-state index < -0.39 is 5.92 Å². The number of pyridine rings is 1. The van der Waals surface area contributed by atoms with Gasteiger partial charge in [0.1, 0.15) is 11.0 Å². The number of carbonyl (C=O) groups is 1. The molecule has 0 unspecified atom stereocenters. The highest BCUT2D eigenvalue weighted by Gasteiger charge is 2.33. The Morgan fingerprint density at radius 1 is 1.22 bits per heavy atom. The molecule has 1 amide bonds. The second kappa shape index (κ2) is 7.80. The zero-order valence-electron chi connectivity index (χ0n) is 15.4. The number of carbonyl (C=O) groups excluding carboxylic acids is 1. The molecule has 1 aliphatic heterocycles. The summed E-state index contributed by atoms with van der Waals surface area (Å²) in [6.07, 6.45) is -0.0910. The van der Waals surface area contributed by atoms with E-state index in [1.54, 1.807) is 24.0 Å². The van der Waals surface area contributed by atoms with Crippen molar-refractivity contribution in [2.75, 3.05) is 23.3 Å². The Labute approximate surface area is 162 Å². The smallest absolute Gasteiger partial charge is 0.259 e. The van der Waals surface area contributed by atoms with Crippen molar-refractivity contribution in [2.24, 2.45) is 0 Å².